The van der Waals surface area contributed by atoms with Gasteiger partial charge in [-0.1, -0.05) is 60.1 Å². The number of hydrogen-bond donors (Lipinski definition) is 0. The zero-order valence-corrected chi connectivity index (χ0v) is 14.1. The van der Waals surface area contributed by atoms with Gasteiger partial charge in [0.25, 0.3) is 0 Å². The lowest BCUT2D eigenvalue weighted by molar-refractivity contribution is 0.414. The first-order chi connectivity index (χ1) is 9.52. The number of ether oxygens (including phenoxy) is 1. The van der Waals surface area contributed by atoms with E-state index < -0.39 is 0 Å². The predicted molar refractivity (Wildman–Crippen MR) is 89.0 cm³/mol. The van der Waals surface area contributed by atoms with Gasteiger partial charge in [0.1, 0.15) is 5.75 Å². The van der Waals surface area contributed by atoms with Crippen molar-refractivity contribution in [1.29, 1.82) is 0 Å². The SMILES string of the molecule is COc1ccc(C(Br)c2ccc(C(C)C)cc2)c(C)c1. The minimum Gasteiger partial charge on any atom is -0.497 e. The summed E-state index contributed by atoms with van der Waals surface area (Å²) in [6, 6.07) is 15.1. The van der Waals surface area contributed by atoms with Gasteiger partial charge in [0.15, 0.2) is 0 Å². The Morgan fingerprint density at radius 1 is 0.950 bits per heavy atom. The van der Waals surface area contributed by atoms with Gasteiger partial charge >= 0.3 is 0 Å². The molecule has 0 spiro atoms. The van der Waals surface area contributed by atoms with Crippen LogP contribution in [0.1, 0.15) is 46.8 Å². The summed E-state index contributed by atoms with van der Waals surface area (Å²) in [6.07, 6.45) is 0. The maximum atomic E-state index is 5.26. The third kappa shape index (κ3) is 3.24. The second-order valence-electron chi connectivity index (χ2n) is 5.41. The molecule has 0 aromatic heterocycles. The number of halogens is 1. The average molecular weight is 333 g/mol. The van der Waals surface area contributed by atoms with Crippen LogP contribution in [0.15, 0.2) is 42.5 Å². The largest absolute Gasteiger partial charge is 0.497 e. The normalized spacial score (nSPS) is 12.5. The number of alkyl halides is 1. The Bertz CT molecular complexity index is 572. The van der Waals surface area contributed by atoms with Gasteiger partial charge in [-0.25, -0.2) is 0 Å². The summed E-state index contributed by atoms with van der Waals surface area (Å²) >= 11 is 3.81. The number of aryl methyl sites for hydroxylation is 1. The molecule has 1 atom stereocenters. The van der Waals surface area contributed by atoms with Crippen molar-refractivity contribution in [2.75, 3.05) is 7.11 Å². The van der Waals surface area contributed by atoms with Gasteiger partial charge in [-0.3, -0.25) is 0 Å². The Kier molecular flexibility index (Phi) is 4.87. The van der Waals surface area contributed by atoms with Crippen molar-refractivity contribution < 1.29 is 4.74 Å². The van der Waals surface area contributed by atoms with Crippen LogP contribution in [-0.4, -0.2) is 7.11 Å². The van der Waals surface area contributed by atoms with E-state index in [2.05, 4.69) is 73.1 Å². The fraction of sp³-hybridized carbons (Fsp3) is 0.333. The molecule has 106 valence electrons. The zero-order valence-electron chi connectivity index (χ0n) is 12.5. The standard InChI is InChI=1S/C18H21BrO/c1-12(2)14-5-7-15(8-6-14)18(19)17-10-9-16(20-4)11-13(17)3/h5-12,18H,1-4H3. The third-order valence-electron chi connectivity index (χ3n) is 3.65. The molecule has 0 saturated carbocycles. The fourth-order valence-corrected chi connectivity index (χ4v) is 3.11. The number of methoxy groups -OCH3 is 1. The van der Waals surface area contributed by atoms with Gasteiger partial charge in [0.2, 0.25) is 0 Å². The van der Waals surface area contributed by atoms with Gasteiger partial charge in [0, 0.05) is 0 Å². The quantitative estimate of drug-likeness (QED) is 0.661. The topological polar surface area (TPSA) is 9.23 Å². The summed E-state index contributed by atoms with van der Waals surface area (Å²) in [4.78, 5) is 0.217. The molecule has 2 aromatic rings. The Morgan fingerprint density at radius 2 is 1.55 bits per heavy atom. The van der Waals surface area contributed by atoms with Crippen molar-refractivity contribution in [3.8, 4) is 5.75 Å². The molecule has 0 amide bonds. The molecule has 0 N–H and O–H groups in total. The van der Waals surface area contributed by atoms with Crippen LogP contribution >= 0.6 is 15.9 Å². The number of rotatable bonds is 4. The molecule has 0 aliphatic carbocycles. The first-order valence-corrected chi connectivity index (χ1v) is 7.83. The zero-order chi connectivity index (χ0) is 14.7. The molecular weight excluding hydrogens is 312 g/mol. The van der Waals surface area contributed by atoms with Crippen LogP contribution in [0.2, 0.25) is 0 Å². The summed E-state index contributed by atoms with van der Waals surface area (Å²) < 4.78 is 5.26. The van der Waals surface area contributed by atoms with Crippen molar-refractivity contribution in [2.45, 2.75) is 31.5 Å². The molecule has 0 fully saturated rings. The smallest absolute Gasteiger partial charge is 0.119 e. The minimum absolute atomic E-state index is 0.217. The fourth-order valence-electron chi connectivity index (χ4n) is 2.29. The van der Waals surface area contributed by atoms with Crippen LogP contribution in [-0.2, 0) is 0 Å². The van der Waals surface area contributed by atoms with Gasteiger partial charge in [-0.2, -0.15) is 0 Å². The van der Waals surface area contributed by atoms with Crippen molar-refractivity contribution in [2.24, 2.45) is 0 Å². The summed E-state index contributed by atoms with van der Waals surface area (Å²) in [5, 5.41) is 0. The predicted octanol–water partition coefficient (Wildman–Crippen LogP) is 5.61. The molecule has 0 aliphatic rings. The van der Waals surface area contributed by atoms with Crippen molar-refractivity contribution in [1.82, 2.24) is 0 Å². The van der Waals surface area contributed by atoms with E-state index in [1.165, 1.54) is 22.3 Å². The maximum Gasteiger partial charge on any atom is 0.119 e. The second kappa shape index (κ2) is 6.45. The summed E-state index contributed by atoms with van der Waals surface area (Å²) in [5.41, 5.74) is 5.17. The molecule has 0 aliphatic heterocycles. The van der Waals surface area contributed by atoms with Gasteiger partial charge in [0.05, 0.1) is 11.9 Å². The molecule has 1 nitrogen and oxygen atoms in total. The van der Waals surface area contributed by atoms with E-state index >= 15 is 0 Å². The van der Waals surface area contributed by atoms with Crippen LogP contribution in [0.3, 0.4) is 0 Å². The molecule has 0 bridgehead atoms. The molecule has 0 heterocycles. The lowest BCUT2D eigenvalue weighted by atomic mass is 9.97. The first kappa shape index (κ1) is 15.1. The lowest BCUT2D eigenvalue weighted by Crippen LogP contribution is -1.97. The molecule has 20 heavy (non-hydrogen) atoms. The van der Waals surface area contributed by atoms with E-state index in [4.69, 9.17) is 4.74 Å². The second-order valence-corrected chi connectivity index (χ2v) is 6.32. The Balaban J connectivity index is 2.28. The van der Waals surface area contributed by atoms with E-state index in [0.717, 1.165) is 5.75 Å². The Labute approximate surface area is 130 Å². The molecule has 1 unspecified atom stereocenters. The molecule has 2 aromatic carbocycles. The van der Waals surface area contributed by atoms with E-state index in [0.29, 0.717) is 5.92 Å². The van der Waals surface area contributed by atoms with Gasteiger partial charge < -0.3 is 4.74 Å². The van der Waals surface area contributed by atoms with Crippen LogP contribution in [0.25, 0.3) is 0 Å². The highest BCUT2D eigenvalue weighted by Gasteiger charge is 2.13. The van der Waals surface area contributed by atoms with E-state index in [-0.39, 0.29) is 4.83 Å². The molecule has 2 heteroatoms. The monoisotopic (exact) mass is 332 g/mol. The maximum absolute atomic E-state index is 5.26. The summed E-state index contributed by atoms with van der Waals surface area (Å²) in [6.45, 7) is 6.55. The van der Waals surface area contributed by atoms with E-state index in [1.807, 2.05) is 6.07 Å². The minimum atomic E-state index is 0.217. The lowest BCUT2D eigenvalue weighted by Gasteiger charge is -2.15. The Morgan fingerprint density at radius 3 is 2.05 bits per heavy atom. The third-order valence-corrected chi connectivity index (χ3v) is 4.67. The highest BCUT2D eigenvalue weighted by Crippen LogP contribution is 2.34. The highest BCUT2D eigenvalue weighted by atomic mass is 79.9. The Hall–Kier alpha value is -1.28. The van der Waals surface area contributed by atoms with Gasteiger partial charge in [-0.05, 0) is 47.2 Å². The first-order valence-electron chi connectivity index (χ1n) is 6.91. The molecule has 0 radical (unpaired) electrons. The van der Waals surface area contributed by atoms with Crippen LogP contribution in [0.4, 0.5) is 0 Å². The summed E-state index contributed by atoms with van der Waals surface area (Å²) in [5.74, 6) is 1.47. The number of benzene rings is 2. The van der Waals surface area contributed by atoms with Crippen LogP contribution in [0.5, 0.6) is 5.75 Å². The van der Waals surface area contributed by atoms with Gasteiger partial charge in [-0.15, -0.1) is 0 Å². The molecular formula is C18H21BrO. The van der Waals surface area contributed by atoms with E-state index in [9.17, 15) is 0 Å². The highest BCUT2D eigenvalue weighted by molar-refractivity contribution is 9.09. The van der Waals surface area contributed by atoms with Crippen molar-refractivity contribution >= 4 is 15.9 Å². The van der Waals surface area contributed by atoms with Crippen molar-refractivity contribution in [3.63, 3.8) is 0 Å². The number of hydrogen-bond acceptors (Lipinski definition) is 1. The van der Waals surface area contributed by atoms with E-state index in [1.54, 1.807) is 7.11 Å². The van der Waals surface area contributed by atoms with Crippen molar-refractivity contribution in [3.05, 3.63) is 64.7 Å². The summed E-state index contributed by atoms with van der Waals surface area (Å²) in [7, 11) is 1.70. The molecule has 0 saturated heterocycles. The molecule has 2 rings (SSSR count). The van der Waals surface area contributed by atoms with Crippen LogP contribution in [0, 0.1) is 6.92 Å². The average Bonchev–Trinajstić information content (AvgIpc) is 2.46. The van der Waals surface area contributed by atoms with Crippen LogP contribution < -0.4 is 4.74 Å².